The molecule has 162 valence electrons. The second-order valence-electron chi connectivity index (χ2n) is 8.21. The topological polar surface area (TPSA) is 82.7 Å². The summed E-state index contributed by atoms with van der Waals surface area (Å²) >= 11 is 6.34. The monoisotopic (exact) mass is 445 g/mol. The second-order valence-corrected chi connectivity index (χ2v) is 8.56. The molecule has 0 atom stereocenters. The first-order chi connectivity index (χ1) is 14.9. The van der Waals surface area contributed by atoms with E-state index in [1.807, 2.05) is 13.1 Å². The lowest BCUT2D eigenvalue weighted by atomic mass is 9.92. The number of nitrogens with zero attached hydrogens (tertiary/aromatic N) is 2. The van der Waals surface area contributed by atoms with Crippen LogP contribution in [-0.4, -0.2) is 39.2 Å². The van der Waals surface area contributed by atoms with Crippen LogP contribution in [0, 0.1) is 0 Å². The number of anilines is 2. The molecule has 31 heavy (non-hydrogen) atoms. The van der Waals surface area contributed by atoms with Gasteiger partial charge in [-0.05, 0) is 43.0 Å². The number of aromatic nitrogens is 3. The van der Waals surface area contributed by atoms with Crippen LogP contribution in [0.4, 0.5) is 20.3 Å². The molecule has 3 N–H and O–H groups in total. The Labute approximate surface area is 183 Å². The predicted molar refractivity (Wildman–Crippen MR) is 116 cm³/mol. The molecule has 6 nitrogen and oxygen atoms in total. The third-order valence-electron chi connectivity index (χ3n) is 6.00. The molecule has 0 saturated heterocycles. The van der Waals surface area contributed by atoms with E-state index >= 15 is 0 Å². The predicted octanol–water partition coefficient (Wildman–Crippen LogP) is 5.12. The molecule has 0 radical (unpaired) electrons. The number of rotatable bonds is 6. The Kier molecular flexibility index (Phi) is 4.84. The number of carbonyl (C=O) groups is 1. The zero-order chi connectivity index (χ0) is 21.8. The van der Waals surface area contributed by atoms with Crippen LogP contribution in [-0.2, 0) is 6.42 Å². The van der Waals surface area contributed by atoms with Crippen LogP contribution < -0.4 is 10.6 Å². The summed E-state index contributed by atoms with van der Waals surface area (Å²) in [5.41, 5.74) is 4.82. The van der Waals surface area contributed by atoms with Gasteiger partial charge in [0.1, 0.15) is 22.5 Å². The Bertz CT molecular complexity index is 1140. The molecule has 4 aliphatic rings. The van der Waals surface area contributed by atoms with Crippen molar-refractivity contribution in [3.8, 4) is 11.4 Å². The Morgan fingerprint density at radius 3 is 2.81 bits per heavy atom. The van der Waals surface area contributed by atoms with Gasteiger partial charge < -0.3 is 15.6 Å². The van der Waals surface area contributed by atoms with Gasteiger partial charge in [-0.1, -0.05) is 11.6 Å². The molecule has 2 aliphatic heterocycles. The fourth-order valence-electron chi connectivity index (χ4n) is 4.21. The number of alkyl halides is 2. The van der Waals surface area contributed by atoms with Crippen molar-refractivity contribution in [3.05, 3.63) is 45.9 Å². The van der Waals surface area contributed by atoms with E-state index in [-0.39, 0.29) is 35.4 Å². The number of hydrogen-bond acceptors (Lipinski definition) is 5. The van der Waals surface area contributed by atoms with Crippen molar-refractivity contribution in [1.82, 2.24) is 15.0 Å². The molecule has 2 aliphatic carbocycles. The van der Waals surface area contributed by atoms with E-state index in [2.05, 4.69) is 25.6 Å². The maximum Gasteiger partial charge on any atom is 0.248 e. The Morgan fingerprint density at radius 1 is 1.32 bits per heavy atom. The van der Waals surface area contributed by atoms with Crippen molar-refractivity contribution in [2.24, 2.45) is 0 Å². The molecule has 0 spiro atoms. The zero-order valence-electron chi connectivity index (χ0n) is 17.0. The summed E-state index contributed by atoms with van der Waals surface area (Å²) < 4.78 is 26.7. The highest BCUT2D eigenvalue weighted by molar-refractivity contribution is 6.34. The van der Waals surface area contributed by atoms with E-state index in [1.165, 1.54) is 11.1 Å². The standard InChI is InChI=1S/C22H22ClF2N5O/c1-2-26-17-14-9-11(14)10-27-21-16(17)18(30-21)19(31)13-3-4-15(29-20(13)23)28-12-5-7-22(24,25)8-6-12/h3-4,10,12,26H,2,5-9H2,1H3,(H,27,30)(H,28,29). The summed E-state index contributed by atoms with van der Waals surface area (Å²) in [7, 11) is 0. The van der Waals surface area contributed by atoms with Gasteiger partial charge in [-0.25, -0.2) is 18.7 Å². The van der Waals surface area contributed by atoms with Gasteiger partial charge in [0.2, 0.25) is 11.7 Å². The Hall–Kier alpha value is -2.74. The average Bonchev–Trinajstić information content (AvgIpc) is 3.48. The fraction of sp³-hybridized carbons (Fsp3) is 0.409. The molecule has 0 amide bonds. The van der Waals surface area contributed by atoms with Crippen molar-refractivity contribution in [2.75, 3.05) is 17.2 Å². The summed E-state index contributed by atoms with van der Waals surface area (Å²) in [6.45, 7) is 2.75. The normalized spacial score (nSPS) is 17.4. The first-order valence-electron chi connectivity index (χ1n) is 10.5. The number of halogens is 3. The molecule has 3 heterocycles. The van der Waals surface area contributed by atoms with E-state index in [0.717, 1.165) is 24.2 Å². The Morgan fingerprint density at radius 2 is 2.10 bits per heavy atom. The maximum atomic E-state index is 13.4. The minimum Gasteiger partial charge on any atom is -0.384 e. The lowest BCUT2D eigenvalue weighted by molar-refractivity contribution is -0.0361. The van der Waals surface area contributed by atoms with Crippen LogP contribution in [0.15, 0.2) is 18.3 Å². The summed E-state index contributed by atoms with van der Waals surface area (Å²) in [5.74, 6) is -1.68. The van der Waals surface area contributed by atoms with Gasteiger partial charge in [-0.15, -0.1) is 0 Å². The summed E-state index contributed by atoms with van der Waals surface area (Å²) in [6, 6.07) is 3.21. The van der Waals surface area contributed by atoms with Crippen LogP contribution >= 0.6 is 11.6 Å². The van der Waals surface area contributed by atoms with Crippen molar-refractivity contribution in [1.29, 1.82) is 0 Å². The van der Waals surface area contributed by atoms with Crippen LogP contribution in [0.1, 0.15) is 59.8 Å². The molecule has 0 unspecified atom stereocenters. The number of H-pyrrole nitrogens is 1. The molecule has 5 rings (SSSR count). The third kappa shape index (κ3) is 3.73. The zero-order valence-corrected chi connectivity index (χ0v) is 17.7. The smallest absolute Gasteiger partial charge is 0.248 e. The van der Waals surface area contributed by atoms with Gasteiger partial charge in [-0.2, -0.15) is 0 Å². The maximum absolute atomic E-state index is 13.4. The SMILES string of the molecule is CCNc1c2c(cnc3[nH]c(C(=O)c4ccc(NC5CCC(F)(F)CC5)nc4Cl)c1-3)C2. The number of aromatic amines is 1. The number of ketones is 1. The Balaban J connectivity index is 1.38. The first-order valence-corrected chi connectivity index (χ1v) is 10.9. The molecular weight excluding hydrogens is 424 g/mol. The summed E-state index contributed by atoms with van der Waals surface area (Å²) in [6.07, 6.45) is 3.17. The van der Waals surface area contributed by atoms with Crippen LogP contribution in [0.5, 0.6) is 0 Å². The van der Waals surface area contributed by atoms with Gasteiger partial charge in [0.25, 0.3) is 0 Å². The lowest BCUT2D eigenvalue weighted by Crippen LogP contribution is -2.32. The quantitative estimate of drug-likeness (QED) is 0.283. The first kappa shape index (κ1) is 20.2. The third-order valence-corrected chi connectivity index (χ3v) is 6.29. The minimum absolute atomic E-state index is 0.0768. The van der Waals surface area contributed by atoms with Gasteiger partial charge in [0.15, 0.2) is 0 Å². The van der Waals surface area contributed by atoms with E-state index in [4.69, 9.17) is 11.6 Å². The molecule has 1 fully saturated rings. The van der Waals surface area contributed by atoms with Crippen molar-refractivity contribution >= 4 is 28.9 Å². The lowest BCUT2D eigenvalue weighted by Gasteiger charge is -2.29. The minimum atomic E-state index is -2.58. The molecule has 0 bridgehead atoms. The molecular formula is C22H22ClF2N5O. The molecule has 9 heteroatoms. The molecule has 1 aromatic heterocycles. The fourth-order valence-corrected chi connectivity index (χ4v) is 4.45. The van der Waals surface area contributed by atoms with Crippen LogP contribution in [0.25, 0.3) is 11.4 Å². The summed E-state index contributed by atoms with van der Waals surface area (Å²) in [5, 5.41) is 6.59. The van der Waals surface area contributed by atoms with E-state index in [1.54, 1.807) is 12.1 Å². The van der Waals surface area contributed by atoms with Crippen LogP contribution in [0.3, 0.4) is 0 Å². The van der Waals surface area contributed by atoms with Crippen molar-refractivity contribution in [3.63, 3.8) is 0 Å². The number of fused-ring (bicyclic) bond motifs is 2. The number of carbonyl (C=O) groups excluding carboxylic acids is 1. The van der Waals surface area contributed by atoms with Crippen molar-refractivity contribution < 1.29 is 13.6 Å². The van der Waals surface area contributed by atoms with Crippen molar-refractivity contribution in [2.45, 2.75) is 51.0 Å². The molecule has 1 saturated carbocycles. The van der Waals surface area contributed by atoms with Crippen LogP contribution in [0.2, 0.25) is 5.15 Å². The summed E-state index contributed by atoms with van der Waals surface area (Å²) in [4.78, 5) is 25.0. The number of nitrogens with one attached hydrogen (secondary N) is 3. The largest absolute Gasteiger partial charge is 0.384 e. The number of pyridine rings is 1. The molecule has 0 aromatic carbocycles. The highest BCUT2D eigenvalue weighted by Crippen LogP contribution is 2.44. The van der Waals surface area contributed by atoms with Gasteiger partial charge in [0, 0.05) is 38.0 Å². The van der Waals surface area contributed by atoms with Gasteiger partial charge in [-0.3, -0.25) is 4.79 Å². The highest BCUT2D eigenvalue weighted by atomic mass is 35.5. The van der Waals surface area contributed by atoms with Gasteiger partial charge in [0.05, 0.1) is 16.8 Å². The van der Waals surface area contributed by atoms with E-state index in [0.29, 0.717) is 30.2 Å². The van der Waals surface area contributed by atoms with Gasteiger partial charge >= 0.3 is 0 Å². The average molecular weight is 446 g/mol. The highest BCUT2D eigenvalue weighted by Gasteiger charge is 2.35. The second kappa shape index (κ2) is 7.44. The van der Waals surface area contributed by atoms with E-state index in [9.17, 15) is 13.6 Å². The number of hydrogen-bond donors (Lipinski definition) is 3. The van der Waals surface area contributed by atoms with E-state index < -0.39 is 5.92 Å². The molecule has 1 aromatic rings.